The second-order valence-electron chi connectivity index (χ2n) is 3.69. The maximum absolute atomic E-state index is 13.7. The number of nitrogens with zero attached hydrogens (tertiary/aromatic N) is 1. The number of hydrogen-bond acceptors (Lipinski definition) is 3. The van der Waals surface area contributed by atoms with Gasteiger partial charge in [-0.3, -0.25) is 0 Å². The lowest BCUT2D eigenvalue weighted by atomic mass is 10.1. The first-order chi connectivity index (χ1) is 8.09. The maximum Gasteiger partial charge on any atom is 0.335 e. The lowest BCUT2D eigenvalue weighted by Crippen LogP contribution is -2.34. The van der Waals surface area contributed by atoms with E-state index in [0.29, 0.717) is 13.1 Å². The number of aromatic carboxylic acids is 1. The standard InChI is InChI=1S/C11H11F2NO2S/c12-8-5-7(11(15)16)6-9(13)10(8)14-1-3-17-4-2-14/h5-6H,1-4H2,(H,15,16). The van der Waals surface area contributed by atoms with Crippen molar-refractivity contribution >= 4 is 23.4 Å². The normalized spacial score (nSPS) is 16.0. The number of anilines is 1. The van der Waals surface area contributed by atoms with Crippen molar-refractivity contribution in [1.29, 1.82) is 0 Å². The molecule has 0 radical (unpaired) electrons. The van der Waals surface area contributed by atoms with Crippen LogP contribution >= 0.6 is 11.8 Å². The molecule has 0 aromatic heterocycles. The Hall–Kier alpha value is -1.30. The van der Waals surface area contributed by atoms with E-state index in [1.165, 1.54) is 0 Å². The van der Waals surface area contributed by atoms with Gasteiger partial charge in [-0.1, -0.05) is 0 Å². The van der Waals surface area contributed by atoms with Crippen LogP contribution in [0.2, 0.25) is 0 Å². The van der Waals surface area contributed by atoms with E-state index in [0.717, 1.165) is 23.6 Å². The predicted octanol–water partition coefficient (Wildman–Crippen LogP) is 2.22. The molecule has 1 saturated heterocycles. The van der Waals surface area contributed by atoms with E-state index >= 15 is 0 Å². The molecular weight excluding hydrogens is 248 g/mol. The molecule has 0 spiro atoms. The molecule has 0 atom stereocenters. The molecule has 1 aromatic rings. The minimum atomic E-state index is -1.33. The van der Waals surface area contributed by atoms with E-state index in [2.05, 4.69) is 0 Å². The molecule has 0 bridgehead atoms. The van der Waals surface area contributed by atoms with E-state index in [1.807, 2.05) is 0 Å². The highest BCUT2D eigenvalue weighted by molar-refractivity contribution is 7.99. The van der Waals surface area contributed by atoms with Gasteiger partial charge in [0.25, 0.3) is 0 Å². The van der Waals surface area contributed by atoms with Crippen LogP contribution in [-0.2, 0) is 0 Å². The van der Waals surface area contributed by atoms with Gasteiger partial charge in [0.1, 0.15) is 17.3 Å². The second kappa shape index (κ2) is 4.91. The average molecular weight is 259 g/mol. The number of thioether (sulfide) groups is 1. The highest BCUT2D eigenvalue weighted by Crippen LogP contribution is 2.27. The predicted molar refractivity (Wildman–Crippen MR) is 62.9 cm³/mol. The Labute approximate surface area is 101 Å². The third-order valence-electron chi connectivity index (χ3n) is 2.59. The van der Waals surface area contributed by atoms with Crippen LogP contribution in [-0.4, -0.2) is 35.7 Å². The Morgan fingerprint density at radius 2 is 1.76 bits per heavy atom. The first-order valence-electron chi connectivity index (χ1n) is 5.14. The Balaban J connectivity index is 2.37. The summed E-state index contributed by atoms with van der Waals surface area (Å²) in [7, 11) is 0. The quantitative estimate of drug-likeness (QED) is 0.884. The number of carbonyl (C=O) groups is 1. The smallest absolute Gasteiger partial charge is 0.335 e. The molecular formula is C11H11F2NO2S. The molecule has 3 nitrogen and oxygen atoms in total. The van der Waals surface area contributed by atoms with Gasteiger partial charge in [-0.05, 0) is 12.1 Å². The molecule has 1 aliphatic rings. The summed E-state index contributed by atoms with van der Waals surface area (Å²) >= 11 is 1.73. The van der Waals surface area contributed by atoms with Crippen LogP contribution in [0.25, 0.3) is 0 Å². The number of carboxylic acids is 1. The Morgan fingerprint density at radius 3 is 2.24 bits per heavy atom. The first kappa shape index (κ1) is 12.2. The summed E-state index contributed by atoms with van der Waals surface area (Å²) in [6.45, 7) is 1.15. The molecule has 6 heteroatoms. The molecule has 0 aliphatic carbocycles. The maximum atomic E-state index is 13.7. The largest absolute Gasteiger partial charge is 0.478 e. The van der Waals surface area contributed by atoms with Crippen LogP contribution < -0.4 is 4.90 Å². The molecule has 0 unspecified atom stereocenters. The molecule has 1 aliphatic heterocycles. The fraction of sp³-hybridized carbons (Fsp3) is 0.364. The van der Waals surface area contributed by atoms with Gasteiger partial charge in [0, 0.05) is 24.6 Å². The number of carboxylic acid groups (broad SMARTS) is 1. The van der Waals surface area contributed by atoms with Gasteiger partial charge >= 0.3 is 5.97 Å². The molecule has 1 aromatic carbocycles. The average Bonchev–Trinajstić information content (AvgIpc) is 2.29. The summed E-state index contributed by atoms with van der Waals surface area (Å²) in [5.41, 5.74) is -0.481. The monoisotopic (exact) mass is 259 g/mol. The van der Waals surface area contributed by atoms with Crippen LogP contribution in [0.5, 0.6) is 0 Å². The minimum Gasteiger partial charge on any atom is -0.478 e. The van der Waals surface area contributed by atoms with Gasteiger partial charge in [-0.25, -0.2) is 13.6 Å². The van der Waals surface area contributed by atoms with E-state index in [1.54, 1.807) is 16.7 Å². The molecule has 92 valence electrons. The summed E-state index contributed by atoms with van der Waals surface area (Å²) in [4.78, 5) is 12.3. The summed E-state index contributed by atoms with van der Waals surface area (Å²) in [6.07, 6.45) is 0. The highest BCUT2D eigenvalue weighted by atomic mass is 32.2. The molecule has 17 heavy (non-hydrogen) atoms. The van der Waals surface area contributed by atoms with Crippen molar-refractivity contribution in [1.82, 2.24) is 0 Å². The highest BCUT2D eigenvalue weighted by Gasteiger charge is 2.21. The number of hydrogen-bond donors (Lipinski definition) is 1. The van der Waals surface area contributed by atoms with Crippen molar-refractivity contribution in [3.8, 4) is 0 Å². The topological polar surface area (TPSA) is 40.5 Å². The van der Waals surface area contributed by atoms with Gasteiger partial charge in [0.05, 0.1) is 5.56 Å². The lowest BCUT2D eigenvalue weighted by molar-refractivity contribution is 0.0696. The van der Waals surface area contributed by atoms with Crippen LogP contribution in [0.3, 0.4) is 0 Å². The summed E-state index contributed by atoms with van der Waals surface area (Å²) < 4.78 is 27.4. The summed E-state index contributed by atoms with van der Waals surface area (Å²) in [6, 6.07) is 1.73. The van der Waals surface area contributed by atoms with Gasteiger partial charge in [-0.15, -0.1) is 0 Å². The van der Waals surface area contributed by atoms with Crippen molar-refractivity contribution in [3.63, 3.8) is 0 Å². The van der Waals surface area contributed by atoms with Crippen LogP contribution in [0, 0.1) is 11.6 Å². The molecule has 0 amide bonds. The van der Waals surface area contributed by atoms with Gasteiger partial charge in [0.2, 0.25) is 0 Å². The first-order valence-corrected chi connectivity index (χ1v) is 6.30. The van der Waals surface area contributed by atoms with E-state index in [-0.39, 0.29) is 11.3 Å². The Bertz CT molecular complexity index is 424. The molecule has 1 fully saturated rings. The second-order valence-corrected chi connectivity index (χ2v) is 4.92. The lowest BCUT2D eigenvalue weighted by Gasteiger charge is -2.29. The number of rotatable bonds is 2. The van der Waals surface area contributed by atoms with Crippen LogP contribution in [0.1, 0.15) is 10.4 Å². The van der Waals surface area contributed by atoms with E-state index in [4.69, 9.17) is 5.11 Å². The van der Waals surface area contributed by atoms with Crippen LogP contribution in [0.15, 0.2) is 12.1 Å². The Kier molecular flexibility index (Phi) is 3.51. The van der Waals surface area contributed by atoms with Crippen molar-refractivity contribution in [3.05, 3.63) is 29.3 Å². The fourth-order valence-corrected chi connectivity index (χ4v) is 2.68. The van der Waals surface area contributed by atoms with Crippen molar-refractivity contribution in [2.75, 3.05) is 29.5 Å². The van der Waals surface area contributed by atoms with Gasteiger partial charge in [-0.2, -0.15) is 11.8 Å². The molecule has 0 saturated carbocycles. The van der Waals surface area contributed by atoms with Gasteiger partial charge < -0.3 is 10.0 Å². The minimum absolute atomic E-state index is 0.115. The molecule has 1 N–H and O–H groups in total. The van der Waals surface area contributed by atoms with E-state index in [9.17, 15) is 13.6 Å². The van der Waals surface area contributed by atoms with E-state index < -0.39 is 17.6 Å². The fourth-order valence-electron chi connectivity index (χ4n) is 1.78. The zero-order valence-electron chi connectivity index (χ0n) is 8.95. The summed E-state index contributed by atoms with van der Waals surface area (Å²) in [5, 5.41) is 8.68. The zero-order valence-corrected chi connectivity index (χ0v) is 9.77. The van der Waals surface area contributed by atoms with Crippen molar-refractivity contribution < 1.29 is 18.7 Å². The molecule has 1 heterocycles. The third kappa shape index (κ3) is 2.52. The zero-order chi connectivity index (χ0) is 12.4. The van der Waals surface area contributed by atoms with Crippen molar-refractivity contribution in [2.24, 2.45) is 0 Å². The van der Waals surface area contributed by atoms with Crippen LogP contribution in [0.4, 0.5) is 14.5 Å². The van der Waals surface area contributed by atoms with Gasteiger partial charge in [0.15, 0.2) is 0 Å². The number of halogens is 2. The third-order valence-corrected chi connectivity index (χ3v) is 3.53. The molecule has 2 rings (SSSR count). The summed E-state index contributed by atoms with van der Waals surface area (Å²) in [5.74, 6) is -1.31. The SMILES string of the molecule is O=C(O)c1cc(F)c(N2CCSCC2)c(F)c1. The Morgan fingerprint density at radius 1 is 1.24 bits per heavy atom. The van der Waals surface area contributed by atoms with Crippen molar-refractivity contribution in [2.45, 2.75) is 0 Å². The number of benzene rings is 1.